The average Bonchev–Trinajstić information content (AvgIpc) is 2.67. The minimum Gasteiger partial charge on any atom is -0.298 e. The molecule has 0 amide bonds. The third-order valence-electron chi connectivity index (χ3n) is 3.17. The third kappa shape index (κ3) is 1.97. The maximum absolute atomic E-state index is 2.73. The molecule has 2 fully saturated rings. The summed E-state index contributed by atoms with van der Waals surface area (Å²) in [4.78, 5) is 2.73. The van der Waals surface area contributed by atoms with Crippen LogP contribution < -0.4 is 0 Å². The van der Waals surface area contributed by atoms with Crippen LogP contribution in [-0.2, 0) is 0 Å². The molecule has 1 nitrogen and oxygen atoms in total. The first-order valence-electron chi connectivity index (χ1n) is 5.14. The molecule has 0 bridgehead atoms. The quantitative estimate of drug-likeness (QED) is 0.617. The number of hydrogen-bond donors (Lipinski definition) is 0. The van der Waals surface area contributed by atoms with E-state index in [-0.39, 0.29) is 0 Å². The average molecular weight is 185 g/mol. The second-order valence-corrected chi connectivity index (χ2v) is 5.53. The van der Waals surface area contributed by atoms with Crippen molar-refractivity contribution in [3.63, 3.8) is 0 Å². The molecule has 0 radical (unpaired) electrons. The van der Waals surface area contributed by atoms with Crippen LogP contribution in [0.5, 0.6) is 0 Å². The van der Waals surface area contributed by atoms with Gasteiger partial charge in [-0.2, -0.15) is 11.8 Å². The summed E-state index contributed by atoms with van der Waals surface area (Å²) in [5.74, 6) is 2.76. The molecule has 0 N–H and O–H groups in total. The predicted molar refractivity (Wildman–Crippen MR) is 55.8 cm³/mol. The number of rotatable bonds is 1. The molecule has 0 aromatic rings. The van der Waals surface area contributed by atoms with E-state index in [0.717, 1.165) is 0 Å². The van der Waals surface area contributed by atoms with Crippen LogP contribution in [0, 0.1) is 0 Å². The molecule has 2 aliphatic rings. The molecule has 0 atom stereocenters. The lowest BCUT2D eigenvalue weighted by molar-refractivity contribution is 0.191. The van der Waals surface area contributed by atoms with E-state index in [2.05, 4.69) is 23.6 Å². The van der Waals surface area contributed by atoms with E-state index >= 15 is 0 Å². The van der Waals surface area contributed by atoms with Crippen molar-refractivity contribution < 1.29 is 0 Å². The van der Waals surface area contributed by atoms with Gasteiger partial charge in [0.1, 0.15) is 0 Å². The van der Waals surface area contributed by atoms with Crippen LogP contribution in [0.15, 0.2) is 0 Å². The van der Waals surface area contributed by atoms with Crippen LogP contribution in [0.25, 0.3) is 0 Å². The lowest BCUT2D eigenvalue weighted by atomic mass is 10.2. The van der Waals surface area contributed by atoms with Gasteiger partial charge in [-0.05, 0) is 57.2 Å². The second-order valence-electron chi connectivity index (χ2n) is 4.30. The Balaban J connectivity index is 1.85. The zero-order valence-corrected chi connectivity index (χ0v) is 8.83. The van der Waals surface area contributed by atoms with E-state index < -0.39 is 0 Å². The van der Waals surface area contributed by atoms with Gasteiger partial charge in [0.25, 0.3) is 0 Å². The van der Waals surface area contributed by atoms with E-state index in [1.807, 2.05) is 0 Å². The Bertz CT molecular complexity index is 146. The van der Waals surface area contributed by atoms with Crippen molar-refractivity contribution in [1.29, 1.82) is 0 Å². The Hall–Kier alpha value is 0.310. The van der Waals surface area contributed by atoms with Gasteiger partial charge in [-0.1, -0.05) is 0 Å². The van der Waals surface area contributed by atoms with Crippen LogP contribution in [0.3, 0.4) is 0 Å². The van der Waals surface area contributed by atoms with Crippen LogP contribution >= 0.6 is 11.8 Å². The van der Waals surface area contributed by atoms with Crippen LogP contribution in [-0.4, -0.2) is 35.0 Å². The lowest BCUT2D eigenvalue weighted by Crippen LogP contribution is -2.37. The van der Waals surface area contributed by atoms with Crippen LogP contribution in [0.4, 0.5) is 0 Å². The van der Waals surface area contributed by atoms with E-state index in [1.54, 1.807) is 0 Å². The van der Waals surface area contributed by atoms with E-state index in [4.69, 9.17) is 0 Å². The SMILES string of the molecule is CC1(N2CCCSCCC2)CC1. The molecule has 0 aromatic heterocycles. The number of thioether (sulfide) groups is 1. The number of nitrogens with zero attached hydrogens (tertiary/aromatic N) is 1. The molecule has 2 heteroatoms. The Morgan fingerprint density at radius 1 is 1.08 bits per heavy atom. The largest absolute Gasteiger partial charge is 0.298 e. The smallest absolute Gasteiger partial charge is 0.0182 e. The highest BCUT2D eigenvalue weighted by molar-refractivity contribution is 7.99. The first-order valence-corrected chi connectivity index (χ1v) is 6.30. The number of hydrogen-bond acceptors (Lipinski definition) is 2. The summed E-state index contributed by atoms with van der Waals surface area (Å²) in [6.07, 6.45) is 5.70. The van der Waals surface area contributed by atoms with Crippen molar-refractivity contribution in [2.75, 3.05) is 24.6 Å². The Labute approximate surface area is 79.9 Å². The summed E-state index contributed by atoms with van der Waals surface area (Å²) >= 11 is 2.14. The molecule has 1 saturated carbocycles. The van der Waals surface area contributed by atoms with Crippen molar-refractivity contribution in [3.8, 4) is 0 Å². The monoisotopic (exact) mass is 185 g/mol. The van der Waals surface area contributed by atoms with Gasteiger partial charge in [0, 0.05) is 5.54 Å². The van der Waals surface area contributed by atoms with Gasteiger partial charge >= 0.3 is 0 Å². The fraction of sp³-hybridized carbons (Fsp3) is 1.00. The molecule has 12 heavy (non-hydrogen) atoms. The summed E-state index contributed by atoms with van der Waals surface area (Å²) in [5, 5.41) is 0. The molecule has 70 valence electrons. The minimum atomic E-state index is 0.627. The van der Waals surface area contributed by atoms with Crippen molar-refractivity contribution in [2.45, 2.75) is 38.1 Å². The van der Waals surface area contributed by atoms with Crippen LogP contribution in [0.1, 0.15) is 32.6 Å². The normalized spacial score (nSPS) is 30.8. The van der Waals surface area contributed by atoms with E-state index in [9.17, 15) is 0 Å². The molecule has 0 spiro atoms. The van der Waals surface area contributed by atoms with Gasteiger partial charge in [-0.3, -0.25) is 4.90 Å². The maximum atomic E-state index is 2.73. The summed E-state index contributed by atoms with van der Waals surface area (Å²) in [5.41, 5.74) is 0.627. The molecule has 1 aliphatic heterocycles. The van der Waals surface area contributed by atoms with Crippen molar-refractivity contribution in [1.82, 2.24) is 4.90 Å². The molecule has 1 heterocycles. The Morgan fingerprint density at radius 2 is 1.67 bits per heavy atom. The van der Waals surface area contributed by atoms with Gasteiger partial charge in [0.2, 0.25) is 0 Å². The Kier molecular flexibility index (Phi) is 2.66. The van der Waals surface area contributed by atoms with Gasteiger partial charge < -0.3 is 0 Å². The standard InChI is InChI=1S/C10H19NS/c1-10(4-5-10)11-6-2-8-12-9-3-7-11/h2-9H2,1H3. The summed E-state index contributed by atoms with van der Waals surface area (Å²) in [7, 11) is 0. The van der Waals surface area contributed by atoms with Gasteiger partial charge in [-0.25, -0.2) is 0 Å². The second kappa shape index (κ2) is 3.59. The van der Waals surface area contributed by atoms with E-state index in [0.29, 0.717) is 5.54 Å². The molecule has 1 aliphatic carbocycles. The fourth-order valence-electron chi connectivity index (χ4n) is 1.97. The third-order valence-corrected chi connectivity index (χ3v) is 4.33. The fourth-order valence-corrected chi connectivity index (χ4v) is 2.84. The van der Waals surface area contributed by atoms with Crippen molar-refractivity contribution in [3.05, 3.63) is 0 Å². The molecular weight excluding hydrogens is 166 g/mol. The summed E-state index contributed by atoms with van der Waals surface area (Å²) in [6.45, 7) is 5.13. The lowest BCUT2D eigenvalue weighted by Gasteiger charge is -2.30. The first kappa shape index (κ1) is 8.89. The first-order chi connectivity index (χ1) is 5.81. The van der Waals surface area contributed by atoms with Gasteiger partial charge in [0.05, 0.1) is 0 Å². The van der Waals surface area contributed by atoms with Crippen molar-refractivity contribution >= 4 is 11.8 Å². The molecule has 1 saturated heterocycles. The maximum Gasteiger partial charge on any atom is 0.0182 e. The van der Waals surface area contributed by atoms with Gasteiger partial charge in [-0.15, -0.1) is 0 Å². The molecule has 0 aromatic carbocycles. The van der Waals surface area contributed by atoms with Crippen molar-refractivity contribution in [2.24, 2.45) is 0 Å². The molecule has 0 unspecified atom stereocenters. The van der Waals surface area contributed by atoms with Gasteiger partial charge in [0.15, 0.2) is 0 Å². The summed E-state index contributed by atoms with van der Waals surface area (Å²) in [6, 6.07) is 0. The highest BCUT2D eigenvalue weighted by Crippen LogP contribution is 2.41. The highest BCUT2D eigenvalue weighted by atomic mass is 32.2. The molecular formula is C10H19NS. The van der Waals surface area contributed by atoms with E-state index in [1.165, 1.54) is 50.3 Å². The predicted octanol–water partition coefficient (Wildman–Crippen LogP) is 2.37. The summed E-state index contributed by atoms with van der Waals surface area (Å²) < 4.78 is 0. The topological polar surface area (TPSA) is 3.24 Å². The molecule has 2 rings (SSSR count). The Morgan fingerprint density at radius 3 is 2.17 bits per heavy atom. The zero-order chi connectivity index (χ0) is 8.44. The zero-order valence-electron chi connectivity index (χ0n) is 8.01. The highest BCUT2D eigenvalue weighted by Gasteiger charge is 2.42. The minimum absolute atomic E-state index is 0.627. The van der Waals surface area contributed by atoms with Crippen LogP contribution in [0.2, 0.25) is 0 Å².